The Kier molecular flexibility index (Phi) is 3.02. The molecule has 0 aromatic carbocycles. The van der Waals surface area contributed by atoms with Gasteiger partial charge in [-0.25, -0.2) is 4.79 Å². The molecule has 3 N–H and O–H groups in total. The van der Waals surface area contributed by atoms with E-state index in [2.05, 4.69) is 4.98 Å². The van der Waals surface area contributed by atoms with Crippen LogP contribution in [-0.2, 0) is 4.74 Å². The van der Waals surface area contributed by atoms with Crippen molar-refractivity contribution in [1.82, 2.24) is 9.55 Å². The molecule has 0 aliphatic carbocycles. The van der Waals surface area contributed by atoms with Gasteiger partial charge in [0, 0.05) is 12.6 Å². The van der Waals surface area contributed by atoms with Crippen molar-refractivity contribution in [3.8, 4) is 0 Å². The van der Waals surface area contributed by atoms with Gasteiger partial charge in [0.2, 0.25) is 0 Å². The maximum Gasteiger partial charge on any atom is 0.351 e. The molecule has 2 rings (SSSR count). The normalized spacial score (nSPS) is 24.6. The van der Waals surface area contributed by atoms with Gasteiger partial charge < -0.3 is 15.6 Å². The van der Waals surface area contributed by atoms with Gasteiger partial charge >= 0.3 is 5.69 Å². The molecule has 1 aromatic rings. The number of aliphatic hydroxyl groups is 1. The highest BCUT2D eigenvalue weighted by atomic mass is 16.5. The van der Waals surface area contributed by atoms with Gasteiger partial charge in [-0.1, -0.05) is 12.2 Å². The SMILES string of the molecule is Nc1ccn([C@@H]2CC=C[C@@H](CO)O2)c(=O)n1. The quantitative estimate of drug-likeness (QED) is 0.669. The molecule has 6 nitrogen and oxygen atoms in total. The van der Waals surface area contributed by atoms with E-state index in [-0.39, 0.29) is 18.5 Å². The van der Waals surface area contributed by atoms with Crippen molar-refractivity contribution in [1.29, 1.82) is 0 Å². The molecule has 2 atom stereocenters. The lowest BCUT2D eigenvalue weighted by atomic mass is 10.2. The standard InChI is InChI=1S/C10H13N3O3/c11-8-4-5-13(10(15)12-8)9-3-1-2-7(6-14)16-9/h1-2,4-5,7,9,14H,3,6H2,(H2,11,12,15)/t7-,9-/m0/s1. The second-order valence-corrected chi connectivity index (χ2v) is 3.52. The summed E-state index contributed by atoms with van der Waals surface area (Å²) >= 11 is 0. The van der Waals surface area contributed by atoms with E-state index < -0.39 is 11.9 Å². The predicted molar refractivity (Wildman–Crippen MR) is 57.7 cm³/mol. The molecule has 16 heavy (non-hydrogen) atoms. The first-order valence-corrected chi connectivity index (χ1v) is 4.98. The summed E-state index contributed by atoms with van der Waals surface area (Å²) in [7, 11) is 0. The fourth-order valence-electron chi connectivity index (χ4n) is 1.58. The summed E-state index contributed by atoms with van der Waals surface area (Å²) in [5, 5.41) is 8.97. The minimum absolute atomic E-state index is 0.107. The van der Waals surface area contributed by atoms with E-state index >= 15 is 0 Å². The lowest BCUT2D eigenvalue weighted by molar-refractivity contribution is -0.0607. The van der Waals surface area contributed by atoms with Gasteiger partial charge in [-0.05, 0) is 6.07 Å². The number of nitrogens with zero attached hydrogens (tertiary/aromatic N) is 2. The van der Waals surface area contributed by atoms with E-state index in [0.29, 0.717) is 6.42 Å². The smallest absolute Gasteiger partial charge is 0.351 e. The van der Waals surface area contributed by atoms with Crippen LogP contribution in [0.1, 0.15) is 12.6 Å². The molecule has 1 aromatic heterocycles. The Morgan fingerprint density at radius 3 is 3.19 bits per heavy atom. The van der Waals surface area contributed by atoms with E-state index in [1.165, 1.54) is 10.6 Å². The summed E-state index contributed by atoms with van der Waals surface area (Å²) in [6.45, 7) is -0.107. The van der Waals surface area contributed by atoms with Crippen LogP contribution in [0.25, 0.3) is 0 Å². The Morgan fingerprint density at radius 1 is 1.69 bits per heavy atom. The third kappa shape index (κ3) is 2.12. The van der Waals surface area contributed by atoms with Crippen LogP contribution in [0, 0.1) is 0 Å². The lowest BCUT2D eigenvalue weighted by Crippen LogP contribution is -2.33. The molecular formula is C10H13N3O3. The second kappa shape index (κ2) is 4.46. The molecule has 0 unspecified atom stereocenters. The molecule has 1 aliphatic heterocycles. The molecule has 0 saturated heterocycles. The monoisotopic (exact) mass is 223 g/mol. The Bertz CT molecular complexity index is 455. The molecule has 6 heteroatoms. The maximum atomic E-state index is 11.5. The van der Waals surface area contributed by atoms with E-state index in [4.69, 9.17) is 15.6 Å². The number of hydrogen-bond donors (Lipinski definition) is 2. The Balaban J connectivity index is 2.25. The third-order valence-electron chi connectivity index (χ3n) is 2.36. The Morgan fingerprint density at radius 2 is 2.50 bits per heavy atom. The number of ether oxygens (including phenoxy) is 1. The summed E-state index contributed by atoms with van der Waals surface area (Å²) in [5.41, 5.74) is 4.94. The average Bonchev–Trinajstić information content (AvgIpc) is 2.29. The molecule has 86 valence electrons. The molecule has 0 saturated carbocycles. The summed E-state index contributed by atoms with van der Waals surface area (Å²) in [6, 6.07) is 1.54. The van der Waals surface area contributed by atoms with Gasteiger partial charge in [-0.2, -0.15) is 4.98 Å². The van der Waals surface area contributed by atoms with Crippen LogP contribution in [0.2, 0.25) is 0 Å². The largest absolute Gasteiger partial charge is 0.393 e. The van der Waals surface area contributed by atoms with Gasteiger partial charge in [0.05, 0.1) is 6.61 Å². The van der Waals surface area contributed by atoms with Gasteiger partial charge in [0.1, 0.15) is 18.1 Å². The highest BCUT2D eigenvalue weighted by molar-refractivity contribution is 5.23. The fraction of sp³-hybridized carbons (Fsp3) is 0.400. The zero-order chi connectivity index (χ0) is 11.5. The minimum atomic E-state index is -0.447. The van der Waals surface area contributed by atoms with Crippen LogP contribution >= 0.6 is 0 Å². The van der Waals surface area contributed by atoms with Crippen LogP contribution in [0.3, 0.4) is 0 Å². The molecule has 0 spiro atoms. The molecule has 0 radical (unpaired) electrons. The summed E-state index contributed by atoms with van der Waals surface area (Å²) in [5.74, 6) is 0.186. The maximum absolute atomic E-state index is 11.5. The zero-order valence-corrected chi connectivity index (χ0v) is 8.61. The molecule has 2 heterocycles. The van der Waals surface area contributed by atoms with E-state index in [9.17, 15) is 4.79 Å². The molecule has 0 fully saturated rings. The van der Waals surface area contributed by atoms with Crippen LogP contribution in [0.15, 0.2) is 29.2 Å². The van der Waals surface area contributed by atoms with Crippen molar-refractivity contribution < 1.29 is 9.84 Å². The summed E-state index contributed by atoms with van der Waals surface area (Å²) < 4.78 is 6.85. The van der Waals surface area contributed by atoms with Gasteiger partial charge in [-0.15, -0.1) is 0 Å². The van der Waals surface area contributed by atoms with Crippen molar-refractivity contribution in [3.05, 3.63) is 34.9 Å². The van der Waals surface area contributed by atoms with Gasteiger partial charge in [0.25, 0.3) is 0 Å². The van der Waals surface area contributed by atoms with Crippen molar-refractivity contribution in [2.24, 2.45) is 0 Å². The number of aliphatic hydroxyl groups excluding tert-OH is 1. The highest BCUT2D eigenvalue weighted by Crippen LogP contribution is 2.19. The van der Waals surface area contributed by atoms with Gasteiger partial charge in [-0.3, -0.25) is 4.57 Å². The van der Waals surface area contributed by atoms with Crippen LogP contribution in [0.5, 0.6) is 0 Å². The Labute approximate surface area is 92.0 Å². The van der Waals surface area contributed by atoms with Crippen LogP contribution in [-0.4, -0.2) is 27.4 Å². The average molecular weight is 223 g/mol. The fourth-order valence-corrected chi connectivity index (χ4v) is 1.58. The van der Waals surface area contributed by atoms with Crippen LogP contribution in [0.4, 0.5) is 5.82 Å². The number of anilines is 1. The number of aromatic nitrogens is 2. The third-order valence-corrected chi connectivity index (χ3v) is 2.36. The number of nitrogens with two attached hydrogens (primary N) is 1. The second-order valence-electron chi connectivity index (χ2n) is 3.52. The van der Waals surface area contributed by atoms with Crippen LogP contribution < -0.4 is 11.4 Å². The van der Waals surface area contributed by atoms with Crippen molar-refractivity contribution in [2.45, 2.75) is 18.8 Å². The molecule has 1 aliphatic rings. The number of rotatable bonds is 2. The molecule has 0 amide bonds. The lowest BCUT2D eigenvalue weighted by Gasteiger charge is -2.25. The molecule has 0 bridgehead atoms. The Hall–Kier alpha value is -1.66. The zero-order valence-electron chi connectivity index (χ0n) is 8.61. The predicted octanol–water partition coefficient (Wildman–Crippen LogP) is -0.338. The summed E-state index contributed by atoms with van der Waals surface area (Å²) in [4.78, 5) is 15.2. The summed E-state index contributed by atoms with van der Waals surface area (Å²) in [6.07, 6.45) is 4.96. The van der Waals surface area contributed by atoms with Gasteiger partial charge in [0.15, 0.2) is 0 Å². The van der Waals surface area contributed by atoms with E-state index in [1.54, 1.807) is 12.3 Å². The first-order valence-electron chi connectivity index (χ1n) is 4.98. The first-order chi connectivity index (χ1) is 7.70. The van der Waals surface area contributed by atoms with E-state index in [1.807, 2.05) is 6.08 Å². The van der Waals surface area contributed by atoms with Crippen molar-refractivity contribution in [2.75, 3.05) is 12.3 Å². The highest BCUT2D eigenvalue weighted by Gasteiger charge is 2.19. The van der Waals surface area contributed by atoms with E-state index in [0.717, 1.165) is 0 Å². The van der Waals surface area contributed by atoms with Crippen molar-refractivity contribution in [3.63, 3.8) is 0 Å². The number of nitrogen functional groups attached to an aromatic ring is 1. The number of hydrogen-bond acceptors (Lipinski definition) is 5. The first kappa shape index (κ1) is 10.8. The van der Waals surface area contributed by atoms with Crippen molar-refractivity contribution >= 4 is 5.82 Å². The topological polar surface area (TPSA) is 90.4 Å². The minimum Gasteiger partial charge on any atom is -0.393 e. The molecular weight excluding hydrogens is 210 g/mol.